The number of hydrogen-bond acceptors (Lipinski definition) is 3. The maximum Gasteiger partial charge on any atom is 0.256 e. The van der Waals surface area contributed by atoms with Crippen LogP contribution in [0.5, 0.6) is 11.5 Å². The van der Waals surface area contributed by atoms with E-state index in [0.29, 0.717) is 0 Å². The van der Waals surface area contributed by atoms with Gasteiger partial charge in [-0.25, -0.2) is 0 Å². The van der Waals surface area contributed by atoms with Crippen molar-refractivity contribution in [1.29, 1.82) is 0 Å². The molecule has 0 aliphatic carbocycles. The first-order valence-electron chi connectivity index (χ1n) is 16.1. The Hall–Kier alpha value is -5.78. The summed E-state index contributed by atoms with van der Waals surface area (Å²) in [5, 5.41) is 5.29. The number of hydrogen-bond donors (Lipinski definition) is 0. The standard InChI is InChI=1S/C42H25BN2OS/c1-3-13-26(14-4-1)44(27-15-5-2-6-16-27)28-23-35-40-37(24-28)46-36-21-11-9-19-32(36)43(40)33-25-31-29-17-8-12-22-38(29)47-42(31)39-30-18-7-10-20-34(30)45(35)41(33)39/h1-25H. The normalized spacial score (nSPS) is 12.8. The molecule has 0 spiro atoms. The van der Waals surface area contributed by atoms with Crippen LogP contribution in [0.25, 0.3) is 47.7 Å². The Labute approximate surface area is 275 Å². The predicted octanol–water partition coefficient (Wildman–Crippen LogP) is 9.56. The van der Waals surface area contributed by atoms with Crippen molar-refractivity contribution in [2.75, 3.05) is 4.90 Å². The molecule has 0 saturated heterocycles. The number of para-hydroxylation sites is 4. The average molecular weight is 617 g/mol. The quantitative estimate of drug-likeness (QED) is 0.184. The minimum absolute atomic E-state index is 0.0447. The lowest BCUT2D eigenvalue weighted by Gasteiger charge is -2.35. The molecule has 0 fully saturated rings. The second-order valence-corrected chi connectivity index (χ2v) is 13.5. The van der Waals surface area contributed by atoms with Crippen LogP contribution in [-0.2, 0) is 0 Å². The van der Waals surface area contributed by atoms with Crippen LogP contribution in [0, 0.1) is 0 Å². The van der Waals surface area contributed by atoms with Gasteiger partial charge in [-0.1, -0.05) is 97.1 Å². The number of fused-ring (bicyclic) bond motifs is 11. The molecule has 0 atom stereocenters. The molecule has 0 radical (unpaired) electrons. The molecule has 7 aromatic carbocycles. The first-order valence-corrected chi connectivity index (χ1v) is 16.9. The lowest BCUT2D eigenvalue weighted by atomic mass is 9.34. The summed E-state index contributed by atoms with van der Waals surface area (Å²) in [6.07, 6.45) is 0. The smallest absolute Gasteiger partial charge is 0.256 e. The lowest BCUT2D eigenvalue weighted by molar-refractivity contribution is 0.487. The topological polar surface area (TPSA) is 17.4 Å². The van der Waals surface area contributed by atoms with Crippen LogP contribution in [0.4, 0.5) is 17.1 Å². The molecule has 0 unspecified atom stereocenters. The predicted molar refractivity (Wildman–Crippen MR) is 200 cm³/mol. The van der Waals surface area contributed by atoms with Gasteiger partial charge in [0, 0.05) is 54.1 Å². The van der Waals surface area contributed by atoms with Crippen molar-refractivity contribution in [3.8, 4) is 17.2 Å². The first-order chi connectivity index (χ1) is 23.3. The van der Waals surface area contributed by atoms with Gasteiger partial charge in [0.15, 0.2) is 0 Å². The Morgan fingerprint density at radius 1 is 0.553 bits per heavy atom. The fourth-order valence-electron chi connectivity index (χ4n) is 8.13. The molecule has 2 aliphatic heterocycles. The average Bonchev–Trinajstić information content (AvgIpc) is 3.67. The van der Waals surface area contributed by atoms with Crippen molar-refractivity contribution in [1.82, 2.24) is 4.57 Å². The van der Waals surface area contributed by atoms with Crippen molar-refractivity contribution in [3.63, 3.8) is 0 Å². The van der Waals surface area contributed by atoms with Crippen molar-refractivity contribution in [2.45, 2.75) is 0 Å². The molecule has 2 aliphatic rings. The second-order valence-electron chi connectivity index (χ2n) is 12.5. The van der Waals surface area contributed by atoms with Crippen LogP contribution >= 0.6 is 11.3 Å². The number of benzene rings is 7. The number of anilines is 3. The van der Waals surface area contributed by atoms with Crippen molar-refractivity contribution < 1.29 is 4.74 Å². The highest BCUT2D eigenvalue weighted by atomic mass is 32.1. The van der Waals surface area contributed by atoms with E-state index in [1.165, 1.54) is 64.1 Å². The molecule has 0 N–H and O–H groups in total. The van der Waals surface area contributed by atoms with Gasteiger partial charge >= 0.3 is 0 Å². The largest absolute Gasteiger partial charge is 0.458 e. The van der Waals surface area contributed by atoms with Gasteiger partial charge < -0.3 is 14.2 Å². The summed E-state index contributed by atoms with van der Waals surface area (Å²) in [5.41, 5.74) is 10.7. The van der Waals surface area contributed by atoms with Crippen LogP contribution in [-0.4, -0.2) is 11.3 Å². The summed E-state index contributed by atoms with van der Waals surface area (Å²) in [6.45, 7) is 0.0447. The van der Waals surface area contributed by atoms with E-state index in [9.17, 15) is 0 Å². The van der Waals surface area contributed by atoms with Gasteiger partial charge in [0.05, 0.1) is 16.7 Å². The van der Waals surface area contributed by atoms with E-state index in [0.717, 1.165) is 28.6 Å². The highest BCUT2D eigenvalue weighted by Crippen LogP contribution is 2.46. The maximum absolute atomic E-state index is 6.89. The molecule has 218 valence electrons. The molecule has 3 nitrogen and oxygen atoms in total. The number of nitrogens with zero attached hydrogens (tertiary/aromatic N) is 2. The van der Waals surface area contributed by atoms with Gasteiger partial charge in [-0.2, -0.15) is 0 Å². The molecule has 5 heteroatoms. The number of thiophene rings is 1. The third-order valence-electron chi connectivity index (χ3n) is 9.99. The fraction of sp³-hybridized carbons (Fsp3) is 0. The van der Waals surface area contributed by atoms with Crippen LogP contribution in [0.3, 0.4) is 0 Å². The highest BCUT2D eigenvalue weighted by molar-refractivity contribution is 7.27. The Morgan fingerprint density at radius 2 is 1.23 bits per heavy atom. The fourth-order valence-corrected chi connectivity index (χ4v) is 9.37. The molecule has 11 rings (SSSR count). The van der Waals surface area contributed by atoms with E-state index in [2.05, 4.69) is 161 Å². The molecule has 0 bridgehead atoms. The zero-order valence-corrected chi connectivity index (χ0v) is 26.0. The summed E-state index contributed by atoms with van der Waals surface area (Å²) < 4.78 is 12.1. The third-order valence-corrected chi connectivity index (χ3v) is 11.2. The maximum atomic E-state index is 6.89. The van der Waals surface area contributed by atoms with E-state index < -0.39 is 0 Å². The van der Waals surface area contributed by atoms with Crippen molar-refractivity contribution in [3.05, 3.63) is 152 Å². The summed E-state index contributed by atoms with van der Waals surface area (Å²) in [6, 6.07) is 54.8. The molecule has 9 aromatic rings. The number of aromatic nitrogens is 1. The molecule has 4 heterocycles. The van der Waals surface area contributed by atoms with Crippen molar-refractivity contribution in [2.24, 2.45) is 0 Å². The van der Waals surface area contributed by atoms with Crippen LogP contribution < -0.4 is 26.0 Å². The third kappa shape index (κ3) is 3.41. The number of ether oxygens (including phenoxy) is 1. The van der Waals surface area contributed by atoms with Crippen LogP contribution in [0.15, 0.2) is 152 Å². The molecule has 0 amide bonds. The van der Waals surface area contributed by atoms with E-state index in [4.69, 9.17) is 4.74 Å². The van der Waals surface area contributed by atoms with Gasteiger partial charge in [-0.05, 0) is 64.9 Å². The Morgan fingerprint density at radius 3 is 2.04 bits per heavy atom. The molecule has 0 saturated carbocycles. The van der Waals surface area contributed by atoms with E-state index >= 15 is 0 Å². The molecular formula is C42H25BN2OS. The monoisotopic (exact) mass is 616 g/mol. The summed E-state index contributed by atoms with van der Waals surface area (Å²) in [4.78, 5) is 2.34. The van der Waals surface area contributed by atoms with E-state index in [-0.39, 0.29) is 6.71 Å². The van der Waals surface area contributed by atoms with Gasteiger partial charge in [-0.15, -0.1) is 11.3 Å². The zero-order chi connectivity index (χ0) is 30.6. The van der Waals surface area contributed by atoms with Gasteiger partial charge in [0.1, 0.15) is 11.5 Å². The second kappa shape index (κ2) is 9.38. The van der Waals surface area contributed by atoms with E-state index in [1.54, 1.807) is 0 Å². The van der Waals surface area contributed by atoms with Crippen molar-refractivity contribution >= 4 is 93.5 Å². The summed E-state index contributed by atoms with van der Waals surface area (Å²) >= 11 is 1.91. The van der Waals surface area contributed by atoms with Gasteiger partial charge in [-0.3, -0.25) is 0 Å². The molecule has 47 heavy (non-hydrogen) atoms. The SMILES string of the molecule is c1ccc(N(c2ccccc2)c2cc3c4c(c2)-n2c5ccccc5c5c6sc7ccccc7c6cc(c52)B4c2ccccc2O3)cc1. The Bertz CT molecular complexity index is 2690. The van der Waals surface area contributed by atoms with Gasteiger partial charge in [0.2, 0.25) is 0 Å². The minimum atomic E-state index is 0.0447. The van der Waals surface area contributed by atoms with Crippen LogP contribution in [0.2, 0.25) is 0 Å². The zero-order valence-electron chi connectivity index (χ0n) is 25.2. The van der Waals surface area contributed by atoms with Crippen LogP contribution in [0.1, 0.15) is 0 Å². The number of rotatable bonds is 3. The lowest BCUT2D eigenvalue weighted by Crippen LogP contribution is -2.58. The first kappa shape index (κ1) is 25.4. The Balaban J connectivity index is 1.32. The van der Waals surface area contributed by atoms with E-state index in [1.807, 2.05) is 11.3 Å². The summed E-state index contributed by atoms with van der Waals surface area (Å²) in [5.74, 6) is 1.83. The van der Waals surface area contributed by atoms with Gasteiger partial charge in [0.25, 0.3) is 6.71 Å². The molecule has 2 aromatic heterocycles. The highest BCUT2D eigenvalue weighted by Gasteiger charge is 2.41. The minimum Gasteiger partial charge on any atom is -0.458 e. The Kier molecular flexibility index (Phi) is 5.07. The molecular weight excluding hydrogens is 591 g/mol. The summed E-state index contributed by atoms with van der Waals surface area (Å²) in [7, 11) is 0.